The van der Waals surface area contributed by atoms with Crippen LogP contribution >= 0.6 is 15.9 Å². The lowest BCUT2D eigenvalue weighted by molar-refractivity contribution is 0.120. The van der Waals surface area contributed by atoms with Gasteiger partial charge in [0, 0.05) is 17.6 Å². The minimum Gasteiger partial charge on any atom is -0.381 e. The predicted molar refractivity (Wildman–Crippen MR) is 61.6 cm³/mol. The highest BCUT2D eigenvalue weighted by molar-refractivity contribution is 9.10. The second-order valence-electron chi connectivity index (χ2n) is 3.64. The van der Waals surface area contributed by atoms with Gasteiger partial charge in [0.25, 0.3) is 0 Å². The fourth-order valence-corrected chi connectivity index (χ4v) is 2.05. The van der Waals surface area contributed by atoms with Crippen molar-refractivity contribution in [3.05, 3.63) is 28.5 Å². The van der Waals surface area contributed by atoms with E-state index in [4.69, 9.17) is 4.74 Å². The molecule has 1 saturated heterocycles. The van der Waals surface area contributed by atoms with Crippen LogP contribution in [0.4, 0.5) is 10.1 Å². The normalized spacial score (nSPS) is 20.5. The van der Waals surface area contributed by atoms with Gasteiger partial charge in [-0.2, -0.15) is 0 Å². The maximum Gasteiger partial charge on any atom is 0.125 e. The predicted octanol–water partition coefficient (Wildman–Crippen LogP) is 3.18. The van der Waals surface area contributed by atoms with Crippen LogP contribution in [0.25, 0.3) is 0 Å². The second kappa shape index (κ2) is 4.94. The zero-order chi connectivity index (χ0) is 10.7. The molecule has 0 radical (unpaired) electrons. The Hall–Kier alpha value is -0.610. The second-order valence-corrected chi connectivity index (χ2v) is 4.49. The smallest absolute Gasteiger partial charge is 0.125 e. The molecule has 1 aliphatic heterocycles. The number of hydrogen-bond acceptors (Lipinski definition) is 2. The van der Waals surface area contributed by atoms with E-state index < -0.39 is 0 Å². The van der Waals surface area contributed by atoms with Gasteiger partial charge in [-0.25, -0.2) is 4.39 Å². The molecule has 1 aromatic rings. The van der Waals surface area contributed by atoms with Crippen molar-refractivity contribution in [3.63, 3.8) is 0 Å². The summed E-state index contributed by atoms with van der Waals surface area (Å²) in [5.41, 5.74) is 0.783. The van der Waals surface area contributed by atoms with E-state index in [0.717, 1.165) is 36.2 Å². The van der Waals surface area contributed by atoms with Gasteiger partial charge in [0.15, 0.2) is 0 Å². The molecule has 0 aromatic heterocycles. The van der Waals surface area contributed by atoms with Gasteiger partial charge in [0.05, 0.1) is 11.8 Å². The number of rotatable bonds is 3. The zero-order valence-electron chi connectivity index (χ0n) is 8.30. The zero-order valence-corrected chi connectivity index (χ0v) is 9.89. The number of hydrogen-bond donors (Lipinski definition) is 1. The van der Waals surface area contributed by atoms with Crippen LogP contribution in [-0.4, -0.2) is 19.3 Å². The quantitative estimate of drug-likeness (QED) is 0.914. The van der Waals surface area contributed by atoms with Gasteiger partial charge in [0.2, 0.25) is 0 Å². The maximum absolute atomic E-state index is 13.0. The van der Waals surface area contributed by atoms with Crippen molar-refractivity contribution in [1.29, 1.82) is 0 Å². The van der Waals surface area contributed by atoms with Crippen molar-refractivity contribution in [2.24, 2.45) is 0 Å². The Bertz CT molecular complexity index is 339. The lowest BCUT2D eigenvalue weighted by atomic mass is 10.2. The standard InChI is InChI=1S/C11H13BrFNO/c12-10-4-3-8(13)6-11(10)14-7-9-2-1-5-15-9/h3-4,6,9,14H,1-2,5,7H2. The summed E-state index contributed by atoms with van der Waals surface area (Å²) in [6, 6.07) is 4.62. The first-order chi connectivity index (χ1) is 7.25. The molecule has 1 fully saturated rings. The first-order valence-corrected chi connectivity index (χ1v) is 5.85. The molecule has 1 unspecified atom stereocenters. The van der Waals surface area contributed by atoms with Crippen LogP contribution in [-0.2, 0) is 4.74 Å². The summed E-state index contributed by atoms with van der Waals surface area (Å²) < 4.78 is 19.3. The van der Waals surface area contributed by atoms with Gasteiger partial charge in [-0.3, -0.25) is 0 Å². The highest BCUT2D eigenvalue weighted by atomic mass is 79.9. The topological polar surface area (TPSA) is 21.3 Å². The molecule has 1 atom stereocenters. The Kier molecular flexibility index (Phi) is 3.59. The summed E-state index contributed by atoms with van der Waals surface area (Å²) in [4.78, 5) is 0. The van der Waals surface area contributed by atoms with Crippen LogP contribution in [0.15, 0.2) is 22.7 Å². The molecular formula is C11H13BrFNO. The van der Waals surface area contributed by atoms with E-state index >= 15 is 0 Å². The summed E-state index contributed by atoms with van der Waals surface area (Å²) >= 11 is 3.37. The Morgan fingerprint density at radius 3 is 3.13 bits per heavy atom. The van der Waals surface area contributed by atoms with E-state index in [1.165, 1.54) is 12.1 Å². The SMILES string of the molecule is Fc1ccc(Br)c(NCC2CCCO2)c1. The maximum atomic E-state index is 13.0. The average molecular weight is 274 g/mol. The number of anilines is 1. The van der Waals surface area contributed by atoms with E-state index in [2.05, 4.69) is 21.2 Å². The van der Waals surface area contributed by atoms with Crippen LogP contribution in [0.5, 0.6) is 0 Å². The summed E-state index contributed by atoms with van der Waals surface area (Å²) in [7, 11) is 0. The highest BCUT2D eigenvalue weighted by Crippen LogP contribution is 2.23. The Morgan fingerprint density at radius 2 is 2.40 bits per heavy atom. The molecule has 1 N–H and O–H groups in total. The molecule has 2 rings (SSSR count). The first-order valence-electron chi connectivity index (χ1n) is 5.06. The van der Waals surface area contributed by atoms with Gasteiger partial charge < -0.3 is 10.1 Å². The Morgan fingerprint density at radius 1 is 1.53 bits per heavy atom. The molecule has 82 valence electrons. The molecule has 1 heterocycles. The van der Waals surface area contributed by atoms with E-state index in [1.54, 1.807) is 6.07 Å². The fraction of sp³-hybridized carbons (Fsp3) is 0.455. The monoisotopic (exact) mass is 273 g/mol. The van der Waals surface area contributed by atoms with Gasteiger partial charge in [-0.15, -0.1) is 0 Å². The van der Waals surface area contributed by atoms with E-state index in [1.807, 2.05) is 0 Å². The van der Waals surface area contributed by atoms with Gasteiger partial charge >= 0.3 is 0 Å². The van der Waals surface area contributed by atoms with Crippen LogP contribution in [0.3, 0.4) is 0 Å². The van der Waals surface area contributed by atoms with Crippen LogP contribution in [0.1, 0.15) is 12.8 Å². The molecule has 0 spiro atoms. The van der Waals surface area contributed by atoms with Crippen molar-refractivity contribution in [2.75, 3.05) is 18.5 Å². The minimum absolute atomic E-state index is 0.229. The summed E-state index contributed by atoms with van der Waals surface area (Å²) in [6.45, 7) is 1.58. The van der Waals surface area contributed by atoms with E-state index in [9.17, 15) is 4.39 Å². The molecular weight excluding hydrogens is 261 g/mol. The van der Waals surface area contributed by atoms with Gasteiger partial charge in [-0.05, 0) is 47.0 Å². The van der Waals surface area contributed by atoms with E-state index in [0.29, 0.717) is 0 Å². The number of halogens is 2. The molecule has 0 amide bonds. The number of benzene rings is 1. The summed E-state index contributed by atoms with van der Waals surface area (Å²) in [6.07, 6.45) is 2.47. The fourth-order valence-electron chi connectivity index (χ4n) is 1.66. The Balaban J connectivity index is 1.94. The van der Waals surface area contributed by atoms with Crippen LogP contribution in [0, 0.1) is 5.82 Å². The molecule has 4 heteroatoms. The van der Waals surface area contributed by atoms with Crippen molar-refractivity contribution >= 4 is 21.6 Å². The van der Waals surface area contributed by atoms with Gasteiger partial charge in [-0.1, -0.05) is 0 Å². The van der Waals surface area contributed by atoms with Crippen molar-refractivity contribution in [2.45, 2.75) is 18.9 Å². The number of nitrogens with one attached hydrogen (secondary N) is 1. The molecule has 2 nitrogen and oxygen atoms in total. The number of ether oxygens (including phenoxy) is 1. The van der Waals surface area contributed by atoms with Crippen LogP contribution in [0.2, 0.25) is 0 Å². The van der Waals surface area contributed by atoms with Crippen molar-refractivity contribution < 1.29 is 9.13 Å². The molecule has 0 saturated carbocycles. The van der Waals surface area contributed by atoms with E-state index in [-0.39, 0.29) is 11.9 Å². The lowest BCUT2D eigenvalue weighted by Crippen LogP contribution is -2.18. The third-order valence-corrected chi connectivity index (χ3v) is 3.16. The largest absolute Gasteiger partial charge is 0.381 e. The molecule has 1 aromatic carbocycles. The molecule has 15 heavy (non-hydrogen) atoms. The Labute approximate surface area is 96.9 Å². The average Bonchev–Trinajstić information content (AvgIpc) is 2.72. The van der Waals surface area contributed by atoms with Crippen molar-refractivity contribution in [3.8, 4) is 0 Å². The third kappa shape index (κ3) is 2.92. The lowest BCUT2D eigenvalue weighted by Gasteiger charge is -2.13. The molecule has 0 aliphatic carbocycles. The summed E-state index contributed by atoms with van der Waals surface area (Å²) in [5.74, 6) is -0.229. The third-order valence-electron chi connectivity index (χ3n) is 2.47. The van der Waals surface area contributed by atoms with Gasteiger partial charge in [0.1, 0.15) is 5.82 Å². The van der Waals surface area contributed by atoms with Crippen LogP contribution < -0.4 is 5.32 Å². The molecule has 0 bridgehead atoms. The first kappa shape index (κ1) is 10.9. The highest BCUT2D eigenvalue weighted by Gasteiger charge is 2.15. The minimum atomic E-state index is -0.229. The molecule has 1 aliphatic rings. The van der Waals surface area contributed by atoms with Crippen molar-refractivity contribution in [1.82, 2.24) is 0 Å². The summed E-state index contributed by atoms with van der Waals surface area (Å²) in [5, 5.41) is 3.18.